The first-order valence-corrected chi connectivity index (χ1v) is 10.4. The molecule has 0 fully saturated rings. The molecule has 4 aromatic rings. The molecular formula is C22H23ClN6O2. The summed E-state index contributed by atoms with van der Waals surface area (Å²) < 4.78 is 5.49. The number of H-pyrrole nitrogens is 1. The van der Waals surface area contributed by atoms with E-state index in [4.69, 9.17) is 16.0 Å². The summed E-state index contributed by atoms with van der Waals surface area (Å²) in [6.45, 7) is 6.78. The number of pyridine rings is 1. The van der Waals surface area contributed by atoms with Gasteiger partial charge in [-0.05, 0) is 31.0 Å². The van der Waals surface area contributed by atoms with Crippen LogP contribution in [0.15, 0.2) is 58.2 Å². The molecule has 1 atom stereocenters. The van der Waals surface area contributed by atoms with E-state index in [1.165, 1.54) is 6.26 Å². The second-order valence-electron chi connectivity index (χ2n) is 7.68. The van der Waals surface area contributed by atoms with Crippen LogP contribution in [0.25, 0.3) is 10.9 Å². The number of anilines is 3. The van der Waals surface area contributed by atoms with Crippen LogP contribution in [0.2, 0.25) is 5.02 Å². The number of hydrogen-bond acceptors (Lipinski definition) is 7. The molecule has 3 heterocycles. The molecule has 0 amide bonds. The number of fused-ring (bicyclic) bond motifs is 1. The Morgan fingerprint density at radius 3 is 2.77 bits per heavy atom. The van der Waals surface area contributed by atoms with Gasteiger partial charge in [-0.3, -0.25) is 9.69 Å². The predicted octanol–water partition coefficient (Wildman–Crippen LogP) is 4.93. The van der Waals surface area contributed by atoms with Crippen molar-refractivity contribution in [2.75, 3.05) is 16.8 Å². The smallest absolute Gasteiger partial charge is 0.302 e. The van der Waals surface area contributed by atoms with Crippen molar-refractivity contribution >= 4 is 40.3 Å². The summed E-state index contributed by atoms with van der Waals surface area (Å²) in [5.41, 5.74) is 0.979. The molecule has 2 N–H and O–H groups in total. The van der Waals surface area contributed by atoms with Crippen LogP contribution in [0.3, 0.4) is 0 Å². The van der Waals surface area contributed by atoms with E-state index in [1.807, 2.05) is 30.0 Å². The van der Waals surface area contributed by atoms with Crippen LogP contribution in [0, 0.1) is 5.92 Å². The van der Waals surface area contributed by atoms with Crippen molar-refractivity contribution in [3.63, 3.8) is 0 Å². The number of halogens is 1. The van der Waals surface area contributed by atoms with Crippen molar-refractivity contribution in [1.82, 2.24) is 19.9 Å². The Kier molecular flexibility index (Phi) is 5.90. The molecule has 9 heteroatoms. The Morgan fingerprint density at radius 2 is 2.03 bits per heavy atom. The van der Waals surface area contributed by atoms with Crippen LogP contribution in [-0.4, -0.2) is 26.5 Å². The normalized spacial score (nSPS) is 12.3. The van der Waals surface area contributed by atoms with Gasteiger partial charge < -0.3 is 14.7 Å². The summed E-state index contributed by atoms with van der Waals surface area (Å²) >= 11 is 6.19. The van der Waals surface area contributed by atoms with Crippen molar-refractivity contribution in [1.29, 1.82) is 0 Å². The number of oxazole rings is 1. The van der Waals surface area contributed by atoms with E-state index < -0.39 is 0 Å². The number of hydrogen-bond donors (Lipinski definition) is 2. The van der Waals surface area contributed by atoms with Crippen molar-refractivity contribution in [2.45, 2.75) is 26.8 Å². The zero-order valence-corrected chi connectivity index (χ0v) is 18.2. The number of aromatic nitrogens is 4. The van der Waals surface area contributed by atoms with Crippen molar-refractivity contribution in [2.24, 2.45) is 5.92 Å². The molecule has 0 saturated carbocycles. The van der Waals surface area contributed by atoms with Gasteiger partial charge >= 0.3 is 6.01 Å². The second-order valence-corrected chi connectivity index (χ2v) is 8.09. The summed E-state index contributed by atoms with van der Waals surface area (Å²) in [7, 11) is 0. The minimum atomic E-state index is -0.331. The van der Waals surface area contributed by atoms with Crippen LogP contribution in [-0.2, 0) is 0 Å². The highest BCUT2D eigenvalue weighted by Gasteiger charge is 2.18. The van der Waals surface area contributed by atoms with Gasteiger partial charge in [0, 0.05) is 23.7 Å². The van der Waals surface area contributed by atoms with E-state index in [-0.39, 0.29) is 11.6 Å². The first kappa shape index (κ1) is 20.9. The topological polar surface area (TPSA) is 99.9 Å². The lowest BCUT2D eigenvalue weighted by molar-refractivity contribution is 0.531. The van der Waals surface area contributed by atoms with Crippen LogP contribution in [0.1, 0.15) is 32.4 Å². The Bertz CT molecular complexity index is 1240. The molecule has 3 aromatic heterocycles. The lowest BCUT2D eigenvalue weighted by Crippen LogP contribution is -2.24. The highest BCUT2D eigenvalue weighted by molar-refractivity contribution is 6.35. The highest BCUT2D eigenvalue weighted by Crippen LogP contribution is 2.26. The van der Waals surface area contributed by atoms with Crippen molar-refractivity contribution < 1.29 is 4.42 Å². The van der Waals surface area contributed by atoms with Gasteiger partial charge in [-0.2, -0.15) is 4.98 Å². The third-order valence-corrected chi connectivity index (χ3v) is 5.10. The third kappa shape index (κ3) is 4.54. The van der Waals surface area contributed by atoms with Gasteiger partial charge in [0.25, 0.3) is 5.56 Å². The number of nitrogens with zero attached hydrogens (tertiary/aromatic N) is 4. The van der Waals surface area contributed by atoms with Crippen molar-refractivity contribution in [3.05, 3.63) is 69.9 Å². The lowest BCUT2D eigenvalue weighted by Gasteiger charge is -2.22. The maximum Gasteiger partial charge on any atom is 0.302 e. The van der Waals surface area contributed by atoms with Gasteiger partial charge in [0.2, 0.25) is 5.95 Å². The molecule has 31 heavy (non-hydrogen) atoms. The summed E-state index contributed by atoms with van der Waals surface area (Å²) in [6.07, 6.45) is 4.80. The molecule has 4 rings (SSSR count). The molecule has 0 bridgehead atoms. The van der Waals surface area contributed by atoms with Gasteiger partial charge in [-0.1, -0.05) is 37.6 Å². The van der Waals surface area contributed by atoms with Crippen LogP contribution in [0.5, 0.6) is 0 Å². The second kappa shape index (κ2) is 8.77. The minimum Gasteiger partial charge on any atom is -0.432 e. The average molecular weight is 439 g/mol. The summed E-state index contributed by atoms with van der Waals surface area (Å²) in [4.78, 5) is 30.6. The molecule has 0 spiro atoms. The highest BCUT2D eigenvalue weighted by atomic mass is 35.5. The maximum absolute atomic E-state index is 12.6. The Hall–Kier alpha value is -3.39. The lowest BCUT2D eigenvalue weighted by atomic mass is 10.1. The SMILES string of the molecule is CC(C)CN(c1ccnc(N[C@@H](C)c2cc3cccc(Cl)c3[nH]c2=O)n1)c1ncco1. The average Bonchev–Trinajstić information content (AvgIpc) is 3.27. The number of rotatable bonds is 7. The molecular weight excluding hydrogens is 416 g/mol. The van der Waals surface area contributed by atoms with Gasteiger partial charge in [-0.15, -0.1) is 0 Å². The fraction of sp³-hybridized carbons (Fsp3) is 0.273. The Balaban J connectivity index is 1.62. The molecule has 0 radical (unpaired) electrons. The van der Waals surface area contributed by atoms with Gasteiger partial charge in [0.15, 0.2) is 0 Å². The van der Waals surface area contributed by atoms with Gasteiger partial charge in [0.1, 0.15) is 12.1 Å². The van der Waals surface area contributed by atoms with E-state index in [0.717, 1.165) is 5.39 Å². The summed E-state index contributed by atoms with van der Waals surface area (Å²) in [6, 6.07) is 9.27. The molecule has 0 aliphatic rings. The molecule has 8 nitrogen and oxygen atoms in total. The number of nitrogens with one attached hydrogen (secondary N) is 2. The fourth-order valence-electron chi connectivity index (χ4n) is 3.36. The van der Waals surface area contributed by atoms with Crippen LogP contribution < -0.4 is 15.8 Å². The van der Waals surface area contributed by atoms with E-state index >= 15 is 0 Å². The van der Waals surface area contributed by atoms with Gasteiger partial charge in [-0.25, -0.2) is 9.97 Å². The number of benzene rings is 1. The summed E-state index contributed by atoms with van der Waals surface area (Å²) in [5, 5.41) is 4.59. The van der Waals surface area contributed by atoms with E-state index in [9.17, 15) is 4.79 Å². The first-order valence-electron chi connectivity index (χ1n) is 10.0. The van der Waals surface area contributed by atoms with E-state index in [0.29, 0.717) is 46.3 Å². The predicted molar refractivity (Wildman–Crippen MR) is 122 cm³/mol. The molecule has 0 unspecified atom stereocenters. The molecule has 0 saturated heterocycles. The van der Waals surface area contributed by atoms with Gasteiger partial charge in [0.05, 0.1) is 22.8 Å². The quantitative estimate of drug-likeness (QED) is 0.422. The zero-order valence-electron chi connectivity index (χ0n) is 17.5. The Labute approximate surface area is 184 Å². The van der Waals surface area contributed by atoms with Crippen LogP contribution in [0.4, 0.5) is 17.8 Å². The molecule has 0 aliphatic carbocycles. The number of aromatic amines is 1. The zero-order chi connectivity index (χ0) is 22.0. The molecule has 1 aromatic carbocycles. The largest absolute Gasteiger partial charge is 0.432 e. The van der Waals surface area contributed by atoms with E-state index in [2.05, 4.69) is 39.1 Å². The summed E-state index contributed by atoms with van der Waals surface area (Å²) in [5.74, 6) is 1.41. The minimum absolute atomic E-state index is 0.210. The number of para-hydroxylation sites is 1. The van der Waals surface area contributed by atoms with Crippen LogP contribution >= 0.6 is 11.6 Å². The maximum atomic E-state index is 12.6. The fourth-order valence-corrected chi connectivity index (χ4v) is 3.59. The molecule has 0 aliphatic heterocycles. The first-order chi connectivity index (χ1) is 14.9. The third-order valence-electron chi connectivity index (χ3n) is 4.79. The Morgan fingerprint density at radius 1 is 1.19 bits per heavy atom. The monoisotopic (exact) mass is 438 g/mol. The van der Waals surface area contributed by atoms with Crippen molar-refractivity contribution in [3.8, 4) is 0 Å². The standard InChI is InChI=1S/C22H23ClN6O2/c1-13(2)12-29(22-25-9-10-31-22)18-7-8-24-21(27-18)26-14(3)16-11-15-5-4-6-17(23)19(15)28-20(16)30/h4-11,13-14H,12H2,1-3H3,(H,28,30)(H,24,26,27)/t14-/m0/s1. The van der Waals surface area contributed by atoms with E-state index in [1.54, 1.807) is 24.5 Å². The molecule has 160 valence electrons.